The first-order valence-corrected chi connectivity index (χ1v) is 9.75. The molecule has 1 N–H and O–H groups in total. The molecule has 1 saturated heterocycles. The molecular formula is C20H30N4O. The number of benzene rings is 1. The average molecular weight is 342 g/mol. The number of piperazine rings is 1. The van der Waals surface area contributed by atoms with Crippen LogP contribution in [0.5, 0.6) is 0 Å². The van der Waals surface area contributed by atoms with Crippen molar-refractivity contribution in [2.45, 2.75) is 50.7 Å². The number of fused-ring (bicyclic) bond motifs is 1. The van der Waals surface area contributed by atoms with Crippen molar-refractivity contribution < 1.29 is 5.11 Å². The Morgan fingerprint density at radius 3 is 2.72 bits per heavy atom. The van der Waals surface area contributed by atoms with Gasteiger partial charge in [-0.3, -0.25) is 9.80 Å². The van der Waals surface area contributed by atoms with Crippen LogP contribution in [0.15, 0.2) is 24.3 Å². The molecule has 2 heterocycles. The Morgan fingerprint density at radius 2 is 1.96 bits per heavy atom. The number of imidazole rings is 1. The highest BCUT2D eigenvalue weighted by Gasteiger charge is 2.33. The fourth-order valence-corrected chi connectivity index (χ4v) is 4.74. The van der Waals surface area contributed by atoms with Gasteiger partial charge in [0.05, 0.1) is 17.6 Å². The van der Waals surface area contributed by atoms with Crippen LogP contribution >= 0.6 is 0 Å². The van der Waals surface area contributed by atoms with E-state index >= 15 is 0 Å². The third-order valence-corrected chi connectivity index (χ3v) is 6.11. The van der Waals surface area contributed by atoms with Crippen molar-refractivity contribution in [2.24, 2.45) is 7.05 Å². The van der Waals surface area contributed by atoms with Crippen molar-refractivity contribution in [1.29, 1.82) is 0 Å². The van der Waals surface area contributed by atoms with E-state index in [0.717, 1.165) is 50.0 Å². The fraction of sp³-hybridized carbons (Fsp3) is 0.650. The molecule has 1 aliphatic heterocycles. The molecule has 1 aromatic heterocycles. The third-order valence-electron chi connectivity index (χ3n) is 6.11. The lowest BCUT2D eigenvalue weighted by atomic mass is 10.0. The predicted octanol–water partition coefficient (Wildman–Crippen LogP) is 2.38. The Hall–Kier alpha value is -1.43. The highest BCUT2D eigenvalue weighted by molar-refractivity contribution is 5.75. The monoisotopic (exact) mass is 342 g/mol. The molecule has 1 atom stereocenters. The SMILES string of the molecule is Cn1c(CN2CCN(C3CCCC3)[C@@H](CCO)C2)nc2ccccc21. The van der Waals surface area contributed by atoms with E-state index in [4.69, 9.17) is 4.98 Å². The highest BCUT2D eigenvalue weighted by Crippen LogP contribution is 2.28. The van der Waals surface area contributed by atoms with E-state index in [9.17, 15) is 5.11 Å². The Labute approximate surface area is 150 Å². The molecule has 0 bridgehead atoms. The first-order valence-electron chi connectivity index (χ1n) is 9.75. The summed E-state index contributed by atoms with van der Waals surface area (Å²) in [6, 6.07) is 9.58. The van der Waals surface area contributed by atoms with Crippen LogP contribution in [0.3, 0.4) is 0 Å². The number of para-hydroxylation sites is 2. The first kappa shape index (κ1) is 17.0. The van der Waals surface area contributed by atoms with Gasteiger partial charge >= 0.3 is 0 Å². The van der Waals surface area contributed by atoms with Gasteiger partial charge in [-0.1, -0.05) is 25.0 Å². The second-order valence-corrected chi connectivity index (χ2v) is 7.65. The Morgan fingerprint density at radius 1 is 1.16 bits per heavy atom. The summed E-state index contributed by atoms with van der Waals surface area (Å²) < 4.78 is 2.22. The minimum atomic E-state index is 0.286. The van der Waals surface area contributed by atoms with Gasteiger partial charge in [0.2, 0.25) is 0 Å². The van der Waals surface area contributed by atoms with E-state index in [1.807, 2.05) is 0 Å². The van der Waals surface area contributed by atoms with Gasteiger partial charge in [0, 0.05) is 45.4 Å². The van der Waals surface area contributed by atoms with Crippen molar-refractivity contribution in [1.82, 2.24) is 19.4 Å². The number of hydrogen-bond donors (Lipinski definition) is 1. The molecule has 5 heteroatoms. The summed E-state index contributed by atoms with van der Waals surface area (Å²) in [5.74, 6) is 1.14. The second kappa shape index (κ2) is 7.44. The molecule has 2 aliphatic rings. The van der Waals surface area contributed by atoms with Crippen LogP contribution in [0.2, 0.25) is 0 Å². The molecule has 0 radical (unpaired) electrons. The topological polar surface area (TPSA) is 44.5 Å². The van der Waals surface area contributed by atoms with Crippen LogP contribution in [-0.4, -0.2) is 62.8 Å². The van der Waals surface area contributed by atoms with E-state index in [-0.39, 0.29) is 6.61 Å². The van der Waals surface area contributed by atoms with Crippen LogP contribution in [-0.2, 0) is 13.6 Å². The summed E-state index contributed by atoms with van der Waals surface area (Å²) in [5, 5.41) is 9.53. The molecule has 1 saturated carbocycles. The minimum Gasteiger partial charge on any atom is -0.396 e. The number of aliphatic hydroxyl groups is 1. The van der Waals surface area contributed by atoms with Crippen molar-refractivity contribution in [2.75, 3.05) is 26.2 Å². The Bertz CT molecular complexity index is 707. The number of aliphatic hydroxyl groups excluding tert-OH is 1. The number of rotatable bonds is 5. The van der Waals surface area contributed by atoms with Gasteiger partial charge in [0.15, 0.2) is 0 Å². The van der Waals surface area contributed by atoms with Crippen molar-refractivity contribution in [3.05, 3.63) is 30.1 Å². The van der Waals surface area contributed by atoms with Gasteiger partial charge < -0.3 is 9.67 Å². The summed E-state index contributed by atoms with van der Waals surface area (Å²) in [5.41, 5.74) is 2.28. The van der Waals surface area contributed by atoms with Crippen LogP contribution in [0.1, 0.15) is 37.9 Å². The molecule has 0 unspecified atom stereocenters. The van der Waals surface area contributed by atoms with E-state index in [2.05, 4.69) is 45.7 Å². The maximum absolute atomic E-state index is 9.53. The fourth-order valence-electron chi connectivity index (χ4n) is 4.74. The maximum atomic E-state index is 9.53. The molecule has 2 fully saturated rings. The number of aryl methyl sites for hydroxylation is 1. The van der Waals surface area contributed by atoms with Crippen LogP contribution in [0.25, 0.3) is 11.0 Å². The van der Waals surface area contributed by atoms with E-state index in [1.165, 1.54) is 31.2 Å². The zero-order chi connectivity index (χ0) is 17.2. The van der Waals surface area contributed by atoms with Crippen LogP contribution in [0, 0.1) is 0 Å². The summed E-state index contributed by atoms with van der Waals surface area (Å²) in [6.07, 6.45) is 6.31. The summed E-state index contributed by atoms with van der Waals surface area (Å²) >= 11 is 0. The lowest BCUT2D eigenvalue weighted by Crippen LogP contribution is -2.56. The van der Waals surface area contributed by atoms with Crippen molar-refractivity contribution in [3.8, 4) is 0 Å². The number of aromatic nitrogens is 2. The van der Waals surface area contributed by atoms with Crippen molar-refractivity contribution in [3.63, 3.8) is 0 Å². The Kier molecular flexibility index (Phi) is 5.06. The molecule has 25 heavy (non-hydrogen) atoms. The highest BCUT2D eigenvalue weighted by atomic mass is 16.3. The first-order chi connectivity index (χ1) is 12.3. The predicted molar refractivity (Wildman–Crippen MR) is 100 cm³/mol. The molecule has 1 aliphatic carbocycles. The Balaban J connectivity index is 1.46. The zero-order valence-corrected chi connectivity index (χ0v) is 15.3. The van der Waals surface area contributed by atoms with Crippen LogP contribution in [0.4, 0.5) is 0 Å². The van der Waals surface area contributed by atoms with E-state index < -0.39 is 0 Å². The summed E-state index contributed by atoms with van der Waals surface area (Å²) in [6.45, 7) is 4.45. The smallest absolute Gasteiger partial charge is 0.123 e. The van der Waals surface area contributed by atoms with Gasteiger partial charge in [-0.05, 0) is 31.4 Å². The zero-order valence-electron chi connectivity index (χ0n) is 15.3. The third kappa shape index (κ3) is 3.46. The molecule has 4 rings (SSSR count). The largest absolute Gasteiger partial charge is 0.396 e. The molecular weight excluding hydrogens is 312 g/mol. The normalized spacial score (nSPS) is 23.7. The lowest BCUT2D eigenvalue weighted by molar-refractivity contribution is 0.0255. The minimum absolute atomic E-state index is 0.286. The molecule has 1 aromatic carbocycles. The maximum Gasteiger partial charge on any atom is 0.123 e. The number of hydrogen-bond acceptors (Lipinski definition) is 4. The van der Waals surface area contributed by atoms with Gasteiger partial charge in [-0.2, -0.15) is 0 Å². The van der Waals surface area contributed by atoms with E-state index in [0.29, 0.717) is 6.04 Å². The van der Waals surface area contributed by atoms with Gasteiger partial charge in [-0.25, -0.2) is 4.98 Å². The molecule has 0 spiro atoms. The lowest BCUT2D eigenvalue weighted by Gasteiger charge is -2.44. The van der Waals surface area contributed by atoms with Crippen LogP contribution < -0.4 is 0 Å². The van der Waals surface area contributed by atoms with Gasteiger partial charge in [0.1, 0.15) is 5.82 Å². The molecule has 136 valence electrons. The van der Waals surface area contributed by atoms with Gasteiger partial charge in [0.25, 0.3) is 0 Å². The standard InChI is InChI=1S/C20H30N4O/c1-22-19-9-5-4-8-18(19)21-20(22)15-23-11-12-24(16-6-2-3-7-16)17(14-23)10-13-25/h4-5,8-9,16-17,25H,2-3,6-7,10-15H2,1H3/t17-/m0/s1. The number of nitrogens with zero attached hydrogens (tertiary/aromatic N) is 4. The quantitative estimate of drug-likeness (QED) is 0.906. The summed E-state index contributed by atoms with van der Waals surface area (Å²) in [7, 11) is 2.12. The second-order valence-electron chi connectivity index (χ2n) is 7.65. The molecule has 2 aromatic rings. The van der Waals surface area contributed by atoms with E-state index in [1.54, 1.807) is 0 Å². The molecule has 0 amide bonds. The van der Waals surface area contributed by atoms with Crippen molar-refractivity contribution >= 4 is 11.0 Å². The average Bonchev–Trinajstić information content (AvgIpc) is 3.25. The van der Waals surface area contributed by atoms with Gasteiger partial charge in [-0.15, -0.1) is 0 Å². The molecule has 5 nitrogen and oxygen atoms in total. The summed E-state index contributed by atoms with van der Waals surface area (Å²) in [4.78, 5) is 10.0.